The first-order valence-corrected chi connectivity index (χ1v) is 8.45. The average molecular weight is 378 g/mol. The van der Waals surface area contributed by atoms with Crippen molar-refractivity contribution in [1.29, 1.82) is 0 Å². The second kappa shape index (κ2) is 9.67. The first kappa shape index (κ1) is 20.4. The van der Waals surface area contributed by atoms with E-state index >= 15 is 0 Å². The number of carbonyl (C=O) groups is 2. The Bertz CT molecular complexity index is 793. The van der Waals surface area contributed by atoms with Crippen LogP contribution >= 0.6 is 0 Å². The number of likely N-dealkylation sites (N-methyl/N-ethyl adjacent to an activating group) is 1. The van der Waals surface area contributed by atoms with E-state index in [4.69, 9.17) is 9.84 Å². The fourth-order valence-corrected chi connectivity index (χ4v) is 2.25. The summed E-state index contributed by atoms with van der Waals surface area (Å²) in [4.78, 5) is 25.2. The molecule has 2 amide bonds. The maximum absolute atomic E-state index is 13.7. The molecule has 8 nitrogen and oxygen atoms in total. The number of carbonyl (C=O) groups excluding carboxylic acids is 2. The molecule has 9 heteroatoms. The quantitative estimate of drug-likeness (QED) is 0.683. The Morgan fingerprint density at radius 3 is 2.89 bits per heavy atom. The molecule has 0 bridgehead atoms. The number of benzene rings is 1. The number of rotatable bonds is 9. The van der Waals surface area contributed by atoms with Crippen molar-refractivity contribution in [2.45, 2.75) is 19.9 Å². The number of halogens is 1. The molecule has 146 valence electrons. The summed E-state index contributed by atoms with van der Waals surface area (Å²) in [7, 11) is 1.58. The number of hydrogen-bond donors (Lipinski definition) is 2. The predicted octanol–water partition coefficient (Wildman–Crippen LogP) is 1.19. The monoisotopic (exact) mass is 378 g/mol. The van der Waals surface area contributed by atoms with Gasteiger partial charge in [-0.15, -0.1) is 0 Å². The van der Waals surface area contributed by atoms with E-state index < -0.39 is 5.82 Å². The molecule has 0 saturated carbocycles. The van der Waals surface area contributed by atoms with Crippen LogP contribution in [0.2, 0.25) is 0 Å². The van der Waals surface area contributed by atoms with Gasteiger partial charge in [0.05, 0.1) is 31.5 Å². The molecule has 1 aromatic carbocycles. The highest BCUT2D eigenvalue weighted by Gasteiger charge is 2.11. The summed E-state index contributed by atoms with van der Waals surface area (Å²) >= 11 is 0. The maximum atomic E-state index is 13.7. The molecule has 0 saturated heterocycles. The van der Waals surface area contributed by atoms with E-state index in [0.717, 1.165) is 5.56 Å². The summed E-state index contributed by atoms with van der Waals surface area (Å²) in [6.07, 6.45) is 3.00. The summed E-state index contributed by atoms with van der Waals surface area (Å²) < 4.78 is 20.3. The molecule has 0 atom stereocenters. The number of hydrogen-bond acceptors (Lipinski definition) is 5. The van der Waals surface area contributed by atoms with Gasteiger partial charge in [0.2, 0.25) is 11.8 Å². The largest absolute Gasteiger partial charge is 0.490 e. The molecule has 1 aromatic heterocycles. The Kier molecular flexibility index (Phi) is 7.30. The highest BCUT2D eigenvalue weighted by Crippen LogP contribution is 2.18. The van der Waals surface area contributed by atoms with Crippen LogP contribution < -0.4 is 10.1 Å². The molecule has 0 aliphatic carbocycles. The van der Waals surface area contributed by atoms with E-state index in [1.807, 2.05) is 0 Å². The van der Waals surface area contributed by atoms with Crippen molar-refractivity contribution in [2.75, 3.05) is 32.1 Å². The highest BCUT2D eigenvalue weighted by molar-refractivity contribution is 5.90. The first-order chi connectivity index (χ1) is 12.9. The van der Waals surface area contributed by atoms with E-state index in [1.54, 1.807) is 20.0 Å². The molecule has 2 rings (SSSR count). The number of aryl methyl sites for hydroxylation is 1. The Hall–Kier alpha value is -2.94. The van der Waals surface area contributed by atoms with Crippen LogP contribution in [0.5, 0.6) is 5.75 Å². The van der Waals surface area contributed by atoms with Crippen molar-refractivity contribution in [3.8, 4) is 5.75 Å². The lowest BCUT2D eigenvalue weighted by Gasteiger charge is -2.15. The molecule has 0 fully saturated rings. The molecule has 27 heavy (non-hydrogen) atoms. The van der Waals surface area contributed by atoms with E-state index in [9.17, 15) is 14.0 Å². The van der Waals surface area contributed by atoms with Gasteiger partial charge in [0, 0.05) is 19.8 Å². The van der Waals surface area contributed by atoms with Crippen LogP contribution in [0, 0.1) is 12.7 Å². The lowest BCUT2D eigenvalue weighted by atomic mass is 10.2. The van der Waals surface area contributed by atoms with Gasteiger partial charge in [0.15, 0.2) is 11.6 Å². The number of aliphatic hydroxyl groups is 1. The number of amides is 2. The molecular formula is C18H23FN4O4. The minimum atomic E-state index is -0.465. The number of nitrogens with zero attached hydrogens (tertiary/aromatic N) is 3. The lowest BCUT2D eigenvalue weighted by molar-refractivity contribution is -0.131. The summed E-state index contributed by atoms with van der Waals surface area (Å²) in [6, 6.07) is 4.62. The SMILES string of the molecule is Cc1ccc(OCCC(=O)Nc2cnn(CC(=O)N(C)CCO)c2)c(F)c1. The third kappa shape index (κ3) is 6.37. The molecule has 2 N–H and O–H groups in total. The molecule has 0 aliphatic rings. The normalized spacial score (nSPS) is 10.5. The van der Waals surface area contributed by atoms with Gasteiger partial charge in [0.25, 0.3) is 0 Å². The second-order valence-electron chi connectivity index (χ2n) is 6.05. The molecule has 0 radical (unpaired) electrons. The van der Waals surface area contributed by atoms with Crippen LogP contribution in [0.3, 0.4) is 0 Å². The third-order valence-corrected chi connectivity index (χ3v) is 3.75. The van der Waals surface area contributed by atoms with Gasteiger partial charge in [-0.25, -0.2) is 4.39 Å². The molecular weight excluding hydrogens is 355 g/mol. The number of ether oxygens (including phenoxy) is 1. The van der Waals surface area contributed by atoms with Gasteiger partial charge in [-0.3, -0.25) is 14.3 Å². The summed E-state index contributed by atoms with van der Waals surface area (Å²) in [5.41, 5.74) is 1.23. The van der Waals surface area contributed by atoms with Gasteiger partial charge >= 0.3 is 0 Å². The maximum Gasteiger partial charge on any atom is 0.244 e. The molecule has 2 aromatic rings. The van der Waals surface area contributed by atoms with Crippen LogP contribution in [-0.4, -0.2) is 58.4 Å². The Labute approximate surface area is 156 Å². The van der Waals surface area contributed by atoms with Crippen LogP contribution in [0.4, 0.5) is 10.1 Å². The van der Waals surface area contributed by atoms with E-state index in [2.05, 4.69) is 10.4 Å². The van der Waals surface area contributed by atoms with Crippen LogP contribution in [0.15, 0.2) is 30.6 Å². The predicted molar refractivity (Wildman–Crippen MR) is 96.8 cm³/mol. The number of anilines is 1. The van der Waals surface area contributed by atoms with Crippen LogP contribution in [0.25, 0.3) is 0 Å². The highest BCUT2D eigenvalue weighted by atomic mass is 19.1. The van der Waals surface area contributed by atoms with Crippen LogP contribution in [-0.2, 0) is 16.1 Å². The molecule has 0 aliphatic heterocycles. The van der Waals surface area contributed by atoms with Crippen molar-refractivity contribution in [3.05, 3.63) is 42.0 Å². The topological polar surface area (TPSA) is 96.7 Å². The Morgan fingerprint density at radius 2 is 2.19 bits per heavy atom. The number of aliphatic hydroxyl groups excluding tert-OH is 1. The first-order valence-electron chi connectivity index (χ1n) is 8.45. The summed E-state index contributed by atoms with van der Waals surface area (Å²) in [5, 5.41) is 15.5. The van der Waals surface area contributed by atoms with Crippen molar-refractivity contribution >= 4 is 17.5 Å². The fraction of sp³-hybridized carbons (Fsp3) is 0.389. The van der Waals surface area contributed by atoms with Gasteiger partial charge < -0.3 is 20.1 Å². The Balaban J connectivity index is 1.77. The second-order valence-corrected chi connectivity index (χ2v) is 6.05. The van der Waals surface area contributed by atoms with Gasteiger partial charge in [0.1, 0.15) is 6.54 Å². The Morgan fingerprint density at radius 1 is 1.41 bits per heavy atom. The van der Waals surface area contributed by atoms with Crippen molar-refractivity contribution in [1.82, 2.24) is 14.7 Å². The van der Waals surface area contributed by atoms with Gasteiger partial charge in [-0.2, -0.15) is 5.10 Å². The standard InChI is InChI=1S/C18H23FN4O4/c1-13-3-4-16(15(19)9-13)27-8-5-17(25)21-14-10-20-23(11-14)12-18(26)22(2)6-7-24/h3-4,9-11,24H,5-8,12H2,1-2H3,(H,21,25). The number of aromatic nitrogens is 2. The minimum Gasteiger partial charge on any atom is -0.490 e. The molecule has 1 heterocycles. The van der Waals surface area contributed by atoms with E-state index in [0.29, 0.717) is 5.69 Å². The molecule has 0 spiro atoms. The lowest BCUT2D eigenvalue weighted by Crippen LogP contribution is -2.32. The van der Waals surface area contributed by atoms with E-state index in [1.165, 1.54) is 34.1 Å². The van der Waals surface area contributed by atoms with Gasteiger partial charge in [-0.1, -0.05) is 6.07 Å². The third-order valence-electron chi connectivity index (χ3n) is 3.75. The van der Waals surface area contributed by atoms with Crippen molar-refractivity contribution in [3.63, 3.8) is 0 Å². The van der Waals surface area contributed by atoms with Crippen LogP contribution in [0.1, 0.15) is 12.0 Å². The molecule has 0 unspecified atom stereocenters. The smallest absolute Gasteiger partial charge is 0.244 e. The summed E-state index contributed by atoms with van der Waals surface area (Å²) in [6.45, 7) is 1.94. The minimum absolute atomic E-state index is 0.00217. The zero-order valence-corrected chi connectivity index (χ0v) is 15.3. The average Bonchev–Trinajstić information content (AvgIpc) is 3.03. The number of nitrogens with one attached hydrogen (secondary N) is 1. The zero-order valence-electron chi connectivity index (χ0n) is 15.3. The van der Waals surface area contributed by atoms with E-state index in [-0.39, 0.29) is 50.3 Å². The fourth-order valence-electron chi connectivity index (χ4n) is 2.25. The van der Waals surface area contributed by atoms with Crippen molar-refractivity contribution < 1.29 is 23.8 Å². The van der Waals surface area contributed by atoms with Crippen molar-refractivity contribution in [2.24, 2.45) is 0 Å². The summed E-state index contributed by atoms with van der Waals surface area (Å²) in [5.74, 6) is -0.886. The zero-order chi connectivity index (χ0) is 19.8. The van der Waals surface area contributed by atoms with Gasteiger partial charge in [-0.05, 0) is 24.6 Å².